The SMILES string of the molecule is CC(C)=CCCC(=O)C1CC=C(C[Si](C)(C)C)CC1. The van der Waals surface area contributed by atoms with Crippen molar-refractivity contribution in [2.75, 3.05) is 0 Å². The van der Waals surface area contributed by atoms with E-state index in [9.17, 15) is 4.79 Å². The van der Waals surface area contributed by atoms with Gasteiger partial charge in [0.1, 0.15) is 5.78 Å². The topological polar surface area (TPSA) is 17.1 Å². The van der Waals surface area contributed by atoms with E-state index in [1.54, 1.807) is 5.57 Å². The molecule has 1 unspecified atom stereocenters. The smallest absolute Gasteiger partial charge is 0.136 e. The fourth-order valence-electron chi connectivity index (χ4n) is 2.73. The van der Waals surface area contributed by atoms with E-state index in [1.807, 2.05) is 0 Å². The van der Waals surface area contributed by atoms with Crippen LogP contribution >= 0.6 is 0 Å². The first-order chi connectivity index (χ1) is 8.78. The molecule has 0 aliphatic heterocycles. The van der Waals surface area contributed by atoms with Crippen molar-refractivity contribution in [2.45, 2.75) is 71.6 Å². The lowest BCUT2D eigenvalue weighted by Gasteiger charge is -2.25. The molecule has 0 saturated heterocycles. The second-order valence-electron chi connectivity index (χ2n) is 7.36. The number of carbonyl (C=O) groups excluding carboxylic acids is 1. The summed E-state index contributed by atoms with van der Waals surface area (Å²) < 4.78 is 0. The Balaban J connectivity index is 2.40. The highest BCUT2D eigenvalue weighted by molar-refractivity contribution is 6.76. The van der Waals surface area contributed by atoms with Gasteiger partial charge in [-0.15, -0.1) is 0 Å². The van der Waals surface area contributed by atoms with Crippen LogP contribution in [0.25, 0.3) is 0 Å². The minimum absolute atomic E-state index is 0.302. The Morgan fingerprint density at radius 2 is 2.05 bits per heavy atom. The van der Waals surface area contributed by atoms with Gasteiger partial charge in [-0.2, -0.15) is 0 Å². The highest BCUT2D eigenvalue weighted by atomic mass is 28.3. The van der Waals surface area contributed by atoms with Crippen LogP contribution in [0.2, 0.25) is 25.7 Å². The van der Waals surface area contributed by atoms with E-state index < -0.39 is 8.07 Å². The maximum Gasteiger partial charge on any atom is 0.136 e. The summed E-state index contributed by atoms with van der Waals surface area (Å²) in [6.07, 6.45) is 9.43. The van der Waals surface area contributed by atoms with Crippen molar-refractivity contribution in [3.05, 3.63) is 23.3 Å². The molecule has 0 aromatic carbocycles. The van der Waals surface area contributed by atoms with Gasteiger partial charge in [-0.25, -0.2) is 0 Å². The van der Waals surface area contributed by atoms with E-state index >= 15 is 0 Å². The fourth-order valence-corrected chi connectivity index (χ4v) is 4.41. The van der Waals surface area contributed by atoms with Crippen LogP contribution in [0.15, 0.2) is 23.3 Å². The Hall–Kier alpha value is -0.633. The monoisotopic (exact) mass is 278 g/mol. The average molecular weight is 279 g/mol. The molecule has 0 radical (unpaired) electrons. The number of hydrogen-bond acceptors (Lipinski definition) is 1. The molecule has 0 heterocycles. The van der Waals surface area contributed by atoms with Gasteiger partial charge in [0, 0.05) is 20.4 Å². The molecule has 108 valence electrons. The van der Waals surface area contributed by atoms with Crippen LogP contribution in [0, 0.1) is 5.92 Å². The molecular formula is C17H30OSi. The molecule has 0 aromatic rings. The number of carbonyl (C=O) groups is 1. The predicted molar refractivity (Wildman–Crippen MR) is 87.2 cm³/mol. The van der Waals surface area contributed by atoms with Crippen LogP contribution in [0.5, 0.6) is 0 Å². The zero-order chi connectivity index (χ0) is 14.5. The van der Waals surface area contributed by atoms with Crippen molar-refractivity contribution in [2.24, 2.45) is 5.92 Å². The Bertz CT molecular complexity index is 367. The Labute approximate surface area is 120 Å². The molecule has 0 aromatic heterocycles. The normalized spacial score (nSPS) is 19.8. The average Bonchev–Trinajstić information content (AvgIpc) is 2.27. The van der Waals surface area contributed by atoms with Crippen LogP contribution in [-0.4, -0.2) is 13.9 Å². The standard InChI is InChI=1S/C17H30OSi/c1-14(2)7-6-8-17(18)16-11-9-15(10-12-16)13-19(3,4)5/h7,9,16H,6,8,10-13H2,1-5H3. The quantitative estimate of drug-likeness (QED) is 0.472. The third-order valence-corrected chi connectivity index (χ3v) is 5.18. The van der Waals surface area contributed by atoms with Crippen molar-refractivity contribution in [1.82, 2.24) is 0 Å². The van der Waals surface area contributed by atoms with Gasteiger partial charge in [0.25, 0.3) is 0 Å². The van der Waals surface area contributed by atoms with Crippen LogP contribution in [0.1, 0.15) is 46.0 Å². The number of rotatable bonds is 6. The molecule has 19 heavy (non-hydrogen) atoms. The van der Waals surface area contributed by atoms with Crippen molar-refractivity contribution < 1.29 is 4.79 Å². The van der Waals surface area contributed by atoms with Crippen LogP contribution in [0.3, 0.4) is 0 Å². The minimum atomic E-state index is -0.988. The predicted octanol–water partition coefficient (Wildman–Crippen LogP) is 5.37. The molecule has 1 atom stereocenters. The maximum absolute atomic E-state index is 12.1. The minimum Gasteiger partial charge on any atom is -0.299 e. The van der Waals surface area contributed by atoms with Gasteiger partial charge >= 0.3 is 0 Å². The summed E-state index contributed by atoms with van der Waals surface area (Å²) in [7, 11) is -0.988. The largest absolute Gasteiger partial charge is 0.299 e. The highest BCUT2D eigenvalue weighted by Crippen LogP contribution is 2.30. The molecule has 2 heteroatoms. The summed E-state index contributed by atoms with van der Waals surface area (Å²) in [6.45, 7) is 11.5. The molecular weight excluding hydrogens is 248 g/mol. The van der Waals surface area contributed by atoms with Crippen molar-refractivity contribution in [1.29, 1.82) is 0 Å². The van der Waals surface area contributed by atoms with E-state index in [-0.39, 0.29) is 0 Å². The molecule has 0 N–H and O–H groups in total. The molecule has 0 saturated carbocycles. The van der Waals surface area contributed by atoms with Gasteiger partial charge in [0.2, 0.25) is 0 Å². The lowest BCUT2D eigenvalue weighted by molar-refractivity contribution is -0.123. The molecule has 0 spiro atoms. The zero-order valence-electron chi connectivity index (χ0n) is 13.4. The number of ketones is 1. The molecule has 0 fully saturated rings. The van der Waals surface area contributed by atoms with Gasteiger partial charge < -0.3 is 0 Å². The summed E-state index contributed by atoms with van der Waals surface area (Å²) >= 11 is 0. The summed E-state index contributed by atoms with van der Waals surface area (Å²) in [5.41, 5.74) is 2.93. The third kappa shape index (κ3) is 6.91. The summed E-state index contributed by atoms with van der Waals surface area (Å²) in [4.78, 5) is 12.1. The summed E-state index contributed by atoms with van der Waals surface area (Å²) in [5.74, 6) is 0.775. The fraction of sp³-hybridized carbons (Fsp3) is 0.706. The van der Waals surface area contributed by atoms with Crippen molar-refractivity contribution >= 4 is 13.9 Å². The first-order valence-electron chi connectivity index (χ1n) is 7.62. The van der Waals surface area contributed by atoms with Gasteiger partial charge in [-0.05, 0) is 45.6 Å². The maximum atomic E-state index is 12.1. The number of Topliss-reactive ketones (excluding diaryl/α,β-unsaturated/α-hetero) is 1. The first-order valence-corrected chi connectivity index (χ1v) is 11.3. The second-order valence-corrected chi connectivity index (χ2v) is 12.8. The summed E-state index contributed by atoms with van der Waals surface area (Å²) in [6, 6.07) is 1.31. The molecule has 1 rings (SSSR count). The molecule has 1 aliphatic rings. The van der Waals surface area contributed by atoms with E-state index in [2.05, 4.69) is 45.6 Å². The van der Waals surface area contributed by atoms with Crippen LogP contribution < -0.4 is 0 Å². The first kappa shape index (κ1) is 16.4. The lowest BCUT2D eigenvalue weighted by Crippen LogP contribution is -2.23. The van der Waals surface area contributed by atoms with E-state index in [4.69, 9.17) is 0 Å². The molecule has 0 bridgehead atoms. The lowest BCUT2D eigenvalue weighted by atomic mass is 9.85. The zero-order valence-corrected chi connectivity index (χ0v) is 14.4. The van der Waals surface area contributed by atoms with Crippen LogP contribution in [-0.2, 0) is 4.79 Å². The Kier molecular flexibility index (Phi) is 6.25. The number of allylic oxidation sites excluding steroid dienone is 4. The molecule has 0 amide bonds. The van der Waals surface area contributed by atoms with Gasteiger partial charge in [0.05, 0.1) is 0 Å². The summed E-state index contributed by atoms with van der Waals surface area (Å²) in [5, 5.41) is 0. The van der Waals surface area contributed by atoms with Crippen molar-refractivity contribution in [3.63, 3.8) is 0 Å². The van der Waals surface area contributed by atoms with Gasteiger partial charge in [-0.1, -0.05) is 42.9 Å². The van der Waals surface area contributed by atoms with Gasteiger partial charge in [0.15, 0.2) is 0 Å². The van der Waals surface area contributed by atoms with E-state index in [0.717, 1.165) is 32.1 Å². The van der Waals surface area contributed by atoms with E-state index in [0.29, 0.717) is 11.7 Å². The van der Waals surface area contributed by atoms with Crippen molar-refractivity contribution in [3.8, 4) is 0 Å². The Morgan fingerprint density at radius 1 is 1.37 bits per heavy atom. The van der Waals surface area contributed by atoms with Crippen LogP contribution in [0.4, 0.5) is 0 Å². The molecule has 1 aliphatic carbocycles. The Morgan fingerprint density at radius 3 is 2.53 bits per heavy atom. The van der Waals surface area contributed by atoms with E-state index in [1.165, 1.54) is 11.6 Å². The third-order valence-electron chi connectivity index (χ3n) is 3.66. The van der Waals surface area contributed by atoms with Gasteiger partial charge in [-0.3, -0.25) is 4.79 Å². The molecule has 1 nitrogen and oxygen atoms in total. The number of hydrogen-bond donors (Lipinski definition) is 0. The second kappa shape index (κ2) is 7.23. The highest BCUT2D eigenvalue weighted by Gasteiger charge is 2.23.